The number of aliphatic hydroxyl groups is 1. The van der Waals surface area contributed by atoms with E-state index in [-0.39, 0.29) is 17.9 Å². The molecule has 0 saturated heterocycles. The minimum atomic E-state index is -0.241. The van der Waals surface area contributed by atoms with Gasteiger partial charge in [0.1, 0.15) is 5.78 Å². The Balaban J connectivity index is 2.23. The second-order valence-electron chi connectivity index (χ2n) is 5.19. The quantitative estimate of drug-likeness (QED) is 0.643. The number of hydrogen-bond donors (Lipinski definition) is 1. The molecule has 0 amide bonds. The fourth-order valence-electron chi connectivity index (χ4n) is 3.37. The van der Waals surface area contributed by atoms with Crippen molar-refractivity contribution in [3.8, 4) is 0 Å². The van der Waals surface area contributed by atoms with Gasteiger partial charge in [-0.2, -0.15) is 0 Å². The molecule has 14 heavy (non-hydrogen) atoms. The van der Waals surface area contributed by atoms with Crippen LogP contribution in [-0.4, -0.2) is 17.0 Å². The van der Waals surface area contributed by atoms with E-state index in [1.165, 1.54) is 0 Å². The standard InChI is InChI=1S/C12H20O2/c1-7-4-3-5-10(13)12-8(2)11(14)6-9(7)12/h7-9,11-12,14H,3-6H2,1-2H3/t7-,8-,9-,11-,12+/m0/s1. The van der Waals surface area contributed by atoms with Crippen LogP contribution in [0.25, 0.3) is 0 Å². The van der Waals surface area contributed by atoms with Crippen molar-refractivity contribution in [1.82, 2.24) is 0 Å². The average molecular weight is 196 g/mol. The molecule has 2 saturated carbocycles. The van der Waals surface area contributed by atoms with E-state index < -0.39 is 0 Å². The largest absolute Gasteiger partial charge is 0.393 e. The molecule has 0 bridgehead atoms. The lowest BCUT2D eigenvalue weighted by Crippen LogP contribution is -2.26. The molecule has 2 aliphatic rings. The van der Waals surface area contributed by atoms with Crippen molar-refractivity contribution in [3.63, 3.8) is 0 Å². The van der Waals surface area contributed by atoms with E-state index >= 15 is 0 Å². The van der Waals surface area contributed by atoms with Crippen molar-refractivity contribution >= 4 is 5.78 Å². The Morgan fingerprint density at radius 3 is 2.79 bits per heavy atom. The maximum absolute atomic E-state index is 11.9. The highest BCUT2D eigenvalue weighted by Gasteiger charge is 2.46. The minimum Gasteiger partial charge on any atom is -0.393 e. The Hall–Kier alpha value is -0.370. The molecule has 0 heterocycles. The highest BCUT2D eigenvalue weighted by molar-refractivity contribution is 5.82. The van der Waals surface area contributed by atoms with Gasteiger partial charge < -0.3 is 5.11 Å². The zero-order chi connectivity index (χ0) is 10.3. The fraction of sp³-hybridized carbons (Fsp3) is 0.917. The average Bonchev–Trinajstić information content (AvgIpc) is 2.35. The first-order chi connectivity index (χ1) is 6.61. The van der Waals surface area contributed by atoms with Crippen LogP contribution in [0.4, 0.5) is 0 Å². The second kappa shape index (κ2) is 3.65. The van der Waals surface area contributed by atoms with E-state index in [4.69, 9.17) is 0 Å². The van der Waals surface area contributed by atoms with E-state index in [0.717, 1.165) is 25.7 Å². The second-order valence-corrected chi connectivity index (χ2v) is 5.19. The van der Waals surface area contributed by atoms with Gasteiger partial charge in [-0.15, -0.1) is 0 Å². The third kappa shape index (κ3) is 1.50. The van der Waals surface area contributed by atoms with Gasteiger partial charge in [-0.1, -0.05) is 13.8 Å². The summed E-state index contributed by atoms with van der Waals surface area (Å²) in [5, 5.41) is 9.80. The van der Waals surface area contributed by atoms with Crippen LogP contribution in [0, 0.1) is 23.7 Å². The number of carbonyl (C=O) groups excluding carboxylic acids is 1. The molecule has 2 heteroatoms. The van der Waals surface area contributed by atoms with Crippen molar-refractivity contribution in [2.45, 2.75) is 45.6 Å². The molecule has 2 aliphatic carbocycles. The van der Waals surface area contributed by atoms with Crippen molar-refractivity contribution in [2.75, 3.05) is 0 Å². The summed E-state index contributed by atoms with van der Waals surface area (Å²) >= 11 is 0. The van der Waals surface area contributed by atoms with Gasteiger partial charge in [-0.3, -0.25) is 4.79 Å². The predicted octanol–water partition coefficient (Wildman–Crippen LogP) is 2.01. The van der Waals surface area contributed by atoms with Crippen LogP contribution in [0.3, 0.4) is 0 Å². The first-order valence-electron chi connectivity index (χ1n) is 5.82. The van der Waals surface area contributed by atoms with Gasteiger partial charge in [0.25, 0.3) is 0 Å². The van der Waals surface area contributed by atoms with E-state index in [1.54, 1.807) is 0 Å². The lowest BCUT2D eigenvalue weighted by Gasteiger charge is -2.22. The number of fused-ring (bicyclic) bond motifs is 1. The summed E-state index contributed by atoms with van der Waals surface area (Å²) in [4.78, 5) is 11.9. The Bertz CT molecular complexity index is 236. The van der Waals surface area contributed by atoms with Crippen LogP contribution in [0.15, 0.2) is 0 Å². The van der Waals surface area contributed by atoms with E-state index in [1.807, 2.05) is 6.92 Å². The van der Waals surface area contributed by atoms with Gasteiger partial charge in [0.15, 0.2) is 0 Å². The predicted molar refractivity (Wildman–Crippen MR) is 54.8 cm³/mol. The number of aliphatic hydroxyl groups excluding tert-OH is 1. The molecule has 5 atom stereocenters. The summed E-state index contributed by atoms with van der Waals surface area (Å²) in [6.07, 6.45) is 3.55. The summed E-state index contributed by atoms with van der Waals surface area (Å²) in [6.45, 7) is 4.27. The third-order valence-corrected chi connectivity index (χ3v) is 4.33. The number of ketones is 1. The van der Waals surface area contributed by atoms with Crippen LogP contribution in [0.5, 0.6) is 0 Å². The Kier molecular flexibility index (Phi) is 2.65. The Morgan fingerprint density at radius 2 is 2.07 bits per heavy atom. The van der Waals surface area contributed by atoms with Crippen LogP contribution in [0.1, 0.15) is 39.5 Å². The van der Waals surface area contributed by atoms with Crippen molar-refractivity contribution in [1.29, 1.82) is 0 Å². The van der Waals surface area contributed by atoms with Crippen molar-refractivity contribution < 1.29 is 9.90 Å². The first kappa shape index (κ1) is 10.2. The molecular weight excluding hydrogens is 176 g/mol. The Morgan fingerprint density at radius 1 is 1.36 bits per heavy atom. The van der Waals surface area contributed by atoms with Gasteiger partial charge >= 0.3 is 0 Å². The molecule has 2 rings (SSSR count). The zero-order valence-electron chi connectivity index (χ0n) is 9.07. The van der Waals surface area contributed by atoms with Gasteiger partial charge in [-0.05, 0) is 37.0 Å². The summed E-state index contributed by atoms with van der Waals surface area (Å²) < 4.78 is 0. The summed E-state index contributed by atoms with van der Waals surface area (Å²) in [7, 11) is 0. The molecule has 0 unspecified atom stereocenters. The molecule has 0 aliphatic heterocycles. The van der Waals surface area contributed by atoms with Crippen LogP contribution >= 0.6 is 0 Å². The SMILES string of the molecule is C[C@@H]1[C@H]2C(=O)CCC[C@H](C)[C@@H]2C[C@@H]1O. The highest BCUT2D eigenvalue weighted by atomic mass is 16.3. The molecule has 0 spiro atoms. The number of Topliss-reactive ketones (excluding diaryl/α,β-unsaturated/α-hetero) is 1. The molecule has 2 nitrogen and oxygen atoms in total. The maximum atomic E-state index is 11.9. The van der Waals surface area contributed by atoms with Crippen molar-refractivity contribution in [3.05, 3.63) is 0 Å². The molecule has 1 N–H and O–H groups in total. The molecule has 0 aromatic rings. The number of hydrogen-bond acceptors (Lipinski definition) is 2. The number of carbonyl (C=O) groups is 1. The molecular formula is C12H20O2. The van der Waals surface area contributed by atoms with E-state index in [0.29, 0.717) is 17.6 Å². The topological polar surface area (TPSA) is 37.3 Å². The smallest absolute Gasteiger partial charge is 0.136 e. The monoisotopic (exact) mass is 196 g/mol. The Labute approximate surface area is 85.7 Å². The van der Waals surface area contributed by atoms with Gasteiger partial charge in [-0.25, -0.2) is 0 Å². The lowest BCUT2D eigenvalue weighted by atomic mass is 9.81. The number of rotatable bonds is 0. The maximum Gasteiger partial charge on any atom is 0.136 e. The summed E-state index contributed by atoms with van der Waals surface area (Å²) in [6, 6.07) is 0. The lowest BCUT2D eigenvalue weighted by molar-refractivity contribution is -0.125. The molecule has 2 fully saturated rings. The highest BCUT2D eigenvalue weighted by Crippen LogP contribution is 2.45. The molecule has 0 aromatic carbocycles. The van der Waals surface area contributed by atoms with Gasteiger partial charge in [0.05, 0.1) is 6.10 Å². The van der Waals surface area contributed by atoms with Crippen LogP contribution in [-0.2, 0) is 4.79 Å². The summed E-state index contributed by atoms with van der Waals surface area (Å²) in [5.74, 6) is 1.82. The first-order valence-corrected chi connectivity index (χ1v) is 5.82. The fourth-order valence-corrected chi connectivity index (χ4v) is 3.37. The third-order valence-electron chi connectivity index (χ3n) is 4.33. The van der Waals surface area contributed by atoms with Gasteiger partial charge in [0, 0.05) is 12.3 Å². The minimum absolute atomic E-state index is 0.155. The van der Waals surface area contributed by atoms with Crippen LogP contribution < -0.4 is 0 Å². The van der Waals surface area contributed by atoms with E-state index in [2.05, 4.69) is 6.92 Å². The normalized spacial score (nSPS) is 48.8. The molecule has 80 valence electrons. The molecule has 0 aromatic heterocycles. The molecule has 0 radical (unpaired) electrons. The van der Waals surface area contributed by atoms with Crippen LogP contribution in [0.2, 0.25) is 0 Å². The van der Waals surface area contributed by atoms with E-state index in [9.17, 15) is 9.90 Å². The zero-order valence-corrected chi connectivity index (χ0v) is 9.07. The summed E-state index contributed by atoms with van der Waals surface area (Å²) in [5.41, 5.74) is 0. The van der Waals surface area contributed by atoms with Gasteiger partial charge in [0.2, 0.25) is 0 Å². The van der Waals surface area contributed by atoms with Crippen molar-refractivity contribution in [2.24, 2.45) is 23.7 Å².